The van der Waals surface area contributed by atoms with Crippen LogP contribution in [0.2, 0.25) is 0 Å². The number of nitriles is 1. The second kappa shape index (κ2) is 5.37. The first kappa shape index (κ1) is 14.7. The van der Waals surface area contributed by atoms with Crippen LogP contribution in [0.5, 0.6) is 11.5 Å². The average molecular weight is 292 g/mol. The number of nitrogens with zero attached hydrogens (tertiary/aromatic N) is 1. The fourth-order valence-electron chi connectivity index (χ4n) is 1.75. The number of halogens is 3. The molecule has 0 radical (unpaired) electrons. The zero-order valence-electron chi connectivity index (χ0n) is 11.0. The van der Waals surface area contributed by atoms with Crippen molar-refractivity contribution in [2.75, 3.05) is 5.73 Å². The van der Waals surface area contributed by atoms with Gasteiger partial charge < -0.3 is 10.5 Å². The molecule has 0 saturated carbocycles. The first-order valence-corrected chi connectivity index (χ1v) is 5.96. The minimum Gasteiger partial charge on any atom is -0.457 e. The van der Waals surface area contributed by atoms with Crippen LogP contribution in [0.1, 0.15) is 16.7 Å². The predicted octanol–water partition coefficient (Wildman–Crippen LogP) is 4.26. The van der Waals surface area contributed by atoms with Crippen LogP contribution in [0.25, 0.3) is 0 Å². The summed E-state index contributed by atoms with van der Waals surface area (Å²) in [6.07, 6.45) is -4.50. The Labute approximate surface area is 119 Å². The number of hydrogen-bond acceptors (Lipinski definition) is 3. The maximum atomic E-state index is 12.7. The minimum absolute atomic E-state index is 0.0273. The van der Waals surface area contributed by atoms with E-state index in [0.29, 0.717) is 16.9 Å². The quantitative estimate of drug-likeness (QED) is 0.841. The van der Waals surface area contributed by atoms with E-state index in [-0.39, 0.29) is 11.4 Å². The van der Waals surface area contributed by atoms with E-state index in [1.165, 1.54) is 12.1 Å². The van der Waals surface area contributed by atoms with Crippen molar-refractivity contribution in [3.63, 3.8) is 0 Å². The van der Waals surface area contributed by atoms with Crippen LogP contribution in [0.15, 0.2) is 36.4 Å². The Morgan fingerprint density at radius 3 is 2.48 bits per heavy atom. The summed E-state index contributed by atoms with van der Waals surface area (Å²) in [5.41, 5.74) is 5.60. The standard InChI is InChI=1S/C15H11F3N2O/c1-9-2-3-10(8-19)4-14(9)21-13-6-11(15(16,17)18)5-12(20)7-13/h2-7H,20H2,1H3. The molecule has 0 aromatic heterocycles. The zero-order valence-corrected chi connectivity index (χ0v) is 11.0. The minimum atomic E-state index is -4.50. The summed E-state index contributed by atoms with van der Waals surface area (Å²) >= 11 is 0. The molecule has 2 N–H and O–H groups in total. The van der Waals surface area contributed by atoms with E-state index in [1.807, 2.05) is 6.07 Å². The van der Waals surface area contributed by atoms with Gasteiger partial charge in [-0.1, -0.05) is 6.07 Å². The molecule has 2 aromatic carbocycles. The maximum absolute atomic E-state index is 12.7. The molecule has 0 aliphatic rings. The molecule has 21 heavy (non-hydrogen) atoms. The second-order valence-electron chi connectivity index (χ2n) is 4.48. The third kappa shape index (κ3) is 3.45. The summed E-state index contributed by atoms with van der Waals surface area (Å²) in [7, 11) is 0. The van der Waals surface area contributed by atoms with Crippen LogP contribution in [-0.2, 0) is 6.18 Å². The molecule has 6 heteroatoms. The van der Waals surface area contributed by atoms with Crippen molar-refractivity contribution in [1.29, 1.82) is 5.26 Å². The topological polar surface area (TPSA) is 59.0 Å². The fourth-order valence-corrected chi connectivity index (χ4v) is 1.75. The van der Waals surface area contributed by atoms with Gasteiger partial charge in [-0.25, -0.2) is 0 Å². The van der Waals surface area contributed by atoms with Gasteiger partial charge in [-0.2, -0.15) is 18.4 Å². The van der Waals surface area contributed by atoms with Gasteiger partial charge in [-0.05, 0) is 36.8 Å². The lowest BCUT2D eigenvalue weighted by molar-refractivity contribution is -0.137. The van der Waals surface area contributed by atoms with E-state index in [0.717, 1.165) is 12.1 Å². The third-order valence-corrected chi connectivity index (χ3v) is 2.80. The monoisotopic (exact) mass is 292 g/mol. The van der Waals surface area contributed by atoms with Gasteiger partial charge in [0.25, 0.3) is 0 Å². The highest BCUT2D eigenvalue weighted by Crippen LogP contribution is 2.35. The first-order valence-electron chi connectivity index (χ1n) is 5.96. The number of aryl methyl sites for hydroxylation is 1. The lowest BCUT2D eigenvalue weighted by Gasteiger charge is -2.13. The van der Waals surface area contributed by atoms with Crippen molar-refractivity contribution < 1.29 is 17.9 Å². The molecule has 0 atom stereocenters. The molecule has 0 fully saturated rings. The summed E-state index contributed by atoms with van der Waals surface area (Å²) in [4.78, 5) is 0. The molecular formula is C15H11F3N2O. The average Bonchev–Trinajstić information content (AvgIpc) is 2.39. The Kier molecular flexibility index (Phi) is 3.76. The highest BCUT2D eigenvalue weighted by atomic mass is 19.4. The number of alkyl halides is 3. The SMILES string of the molecule is Cc1ccc(C#N)cc1Oc1cc(N)cc(C(F)(F)F)c1. The van der Waals surface area contributed by atoms with E-state index in [4.69, 9.17) is 15.7 Å². The molecule has 0 aliphatic carbocycles. The van der Waals surface area contributed by atoms with Gasteiger partial charge in [-0.15, -0.1) is 0 Å². The molecule has 0 unspecified atom stereocenters. The van der Waals surface area contributed by atoms with Crippen LogP contribution >= 0.6 is 0 Å². The van der Waals surface area contributed by atoms with E-state index in [9.17, 15) is 13.2 Å². The Bertz CT molecular complexity index is 718. The summed E-state index contributed by atoms with van der Waals surface area (Å²) in [6.45, 7) is 1.73. The predicted molar refractivity (Wildman–Crippen MR) is 71.8 cm³/mol. The summed E-state index contributed by atoms with van der Waals surface area (Å²) in [5, 5.41) is 8.84. The summed E-state index contributed by atoms with van der Waals surface area (Å²) in [6, 6.07) is 9.67. The van der Waals surface area contributed by atoms with Gasteiger partial charge in [-0.3, -0.25) is 0 Å². The molecule has 0 saturated heterocycles. The molecule has 0 amide bonds. The van der Waals surface area contributed by atoms with E-state index < -0.39 is 11.7 Å². The first-order chi connectivity index (χ1) is 9.79. The van der Waals surface area contributed by atoms with Gasteiger partial charge >= 0.3 is 6.18 Å². The largest absolute Gasteiger partial charge is 0.457 e. The number of nitrogens with two attached hydrogens (primary N) is 1. The van der Waals surface area contributed by atoms with E-state index >= 15 is 0 Å². The molecule has 2 rings (SSSR count). The highest BCUT2D eigenvalue weighted by molar-refractivity contribution is 5.51. The fraction of sp³-hybridized carbons (Fsp3) is 0.133. The Hall–Kier alpha value is -2.68. The lowest BCUT2D eigenvalue weighted by Crippen LogP contribution is -2.06. The van der Waals surface area contributed by atoms with Crippen molar-refractivity contribution in [1.82, 2.24) is 0 Å². The lowest BCUT2D eigenvalue weighted by atomic mass is 10.1. The number of hydrogen-bond donors (Lipinski definition) is 1. The third-order valence-electron chi connectivity index (χ3n) is 2.80. The van der Waals surface area contributed by atoms with E-state index in [1.54, 1.807) is 19.1 Å². The summed E-state index contributed by atoms with van der Waals surface area (Å²) < 4.78 is 43.6. The molecule has 3 nitrogen and oxygen atoms in total. The van der Waals surface area contributed by atoms with Gasteiger partial charge in [0.1, 0.15) is 11.5 Å². The highest BCUT2D eigenvalue weighted by Gasteiger charge is 2.31. The van der Waals surface area contributed by atoms with Crippen LogP contribution in [0, 0.1) is 18.3 Å². The van der Waals surface area contributed by atoms with Crippen molar-refractivity contribution in [2.45, 2.75) is 13.1 Å². The molecule has 0 heterocycles. The normalized spacial score (nSPS) is 11.0. The second-order valence-corrected chi connectivity index (χ2v) is 4.48. The zero-order chi connectivity index (χ0) is 15.6. The van der Waals surface area contributed by atoms with Gasteiger partial charge in [0.15, 0.2) is 0 Å². The Balaban J connectivity index is 2.41. The molecule has 2 aromatic rings. The molecule has 108 valence electrons. The van der Waals surface area contributed by atoms with Crippen LogP contribution in [0.4, 0.5) is 18.9 Å². The molecular weight excluding hydrogens is 281 g/mol. The summed E-state index contributed by atoms with van der Waals surface area (Å²) in [5.74, 6) is 0.285. The van der Waals surface area contributed by atoms with Crippen molar-refractivity contribution in [2.24, 2.45) is 0 Å². The number of anilines is 1. The van der Waals surface area contributed by atoms with Crippen LogP contribution in [-0.4, -0.2) is 0 Å². The smallest absolute Gasteiger partial charge is 0.416 e. The van der Waals surface area contributed by atoms with Crippen LogP contribution < -0.4 is 10.5 Å². The molecule has 0 bridgehead atoms. The van der Waals surface area contributed by atoms with Crippen molar-refractivity contribution >= 4 is 5.69 Å². The van der Waals surface area contributed by atoms with Gasteiger partial charge in [0, 0.05) is 11.8 Å². The number of rotatable bonds is 2. The van der Waals surface area contributed by atoms with E-state index in [2.05, 4.69) is 0 Å². The van der Waals surface area contributed by atoms with Gasteiger partial charge in [0.05, 0.1) is 17.2 Å². The number of nitrogen functional groups attached to an aromatic ring is 1. The molecule has 0 spiro atoms. The van der Waals surface area contributed by atoms with Gasteiger partial charge in [0.2, 0.25) is 0 Å². The number of benzene rings is 2. The number of ether oxygens (including phenoxy) is 1. The molecule has 0 aliphatic heterocycles. The Morgan fingerprint density at radius 2 is 1.86 bits per heavy atom. The van der Waals surface area contributed by atoms with Crippen molar-refractivity contribution in [3.05, 3.63) is 53.1 Å². The maximum Gasteiger partial charge on any atom is 0.416 e. The van der Waals surface area contributed by atoms with Crippen LogP contribution in [0.3, 0.4) is 0 Å². The van der Waals surface area contributed by atoms with Crippen molar-refractivity contribution in [3.8, 4) is 17.6 Å². The Morgan fingerprint density at radius 1 is 1.14 bits per heavy atom.